The fourth-order valence-electron chi connectivity index (χ4n) is 12.7. The van der Waals surface area contributed by atoms with Gasteiger partial charge in [-0.25, -0.2) is 0 Å². The van der Waals surface area contributed by atoms with Crippen LogP contribution in [0.25, 0.3) is 0 Å². The number of hydrogen-bond donors (Lipinski definition) is 0. The van der Waals surface area contributed by atoms with Gasteiger partial charge in [-0.15, -0.1) is 0 Å². The number of fused-ring (bicyclic) bond motifs is 8. The molecule has 7 aliphatic rings. The summed E-state index contributed by atoms with van der Waals surface area (Å²) in [5.41, 5.74) is 2.20. The van der Waals surface area contributed by atoms with Crippen molar-refractivity contribution < 1.29 is 28.1 Å². The molecule has 0 N–H and O–H groups in total. The van der Waals surface area contributed by atoms with E-state index >= 15 is 9.13 Å². The van der Waals surface area contributed by atoms with E-state index < -0.39 is 14.3 Å². The Bertz CT molecular complexity index is 2680. The lowest BCUT2D eigenvalue weighted by molar-refractivity contribution is -0.154. The van der Waals surface area contributed by atoms with E-state index in [9.17, 15) is 0 Å². The zero-order valence-corrected chi connectivity index (χ0v) is 37.6. The molecule has 2 saturated heterocycles. The summed E-state index contributed by atoms with van der Waals surface area (Å²) in [6.45, 7) is 0. The lowest BCUT2D eigenvalue weighted by Gasteiger charge is -2.61. The molecule has 13 rings (SSSR count). The number of ether oxygens (including phenoxy) is 4. The molecule has 4 heterocycles. The van der Waals surface area contributed by atoms with Crippen LogP contribution in [0.3, 0.4) is 0 Å². The normalized spacial score (nSPS) is 32.1. The van der Waals surface area contributed by atoms with Crippen LogP contribution >= 0.6 is 14.3 Å². The van der Waals surface area contributed by atoms with E-state index in [0.29, 0.717) is 23.0 Å². The highest BCUT2D eigenvalue weighted by molar-refractivity contribution is 7.86. The van der Waals surface area contributed by atoms with Crippen LogP contribution in [0, 0.1) is 0 Å². The van der Waals surface area contributed by atoms with E-state index in [2.05, 4.69) is 46.2 Å². The van der Waals surface area contributed by atoms with Gasteiger partial charge in [-0.05, 0) is 87.1 Å². The number of rotatable bonds is 4. The van der Waals surface area contributed by atoms with Crippen molar-refractivity contribution in [2.24, 2.45) is 0 Å². The van der Waals surface area contributed by atoms with Gasteiger partial charge in [0.2, 0.25) is 0 Å². The SMILES string of the molecule is O=P1(c2ccccc2)c2ccccc2Oc2cc(N3C4CCCCC4OC4CC5C(CC43)OC3CCCCC3N5c3ccc4c(c3)Oc3ccccc3P4(=O)c3ccccc3)ccc21. The molecule has 64 heavy (non-hydrogen) atoms. The van der Waals surface area contributed by atoms with Gasteiger partial charge in [0.15, 0.2) is 14.3 Å². The lowest BCUT2D eigenvalue weighted by atomic mass is 9.76. The summed E-state index contributed by atoms with van der Waals surface area (Å²) >= 11 is 0. The van der Waals surface area contributed by atoms with Gasteiger partial charge in [-0.2, -0.15) is 0 Å². The van der Waals surface area contributed by atoms with Gasteiger partial charge in [0, 0.05) is 34.1 Å². The molecule has 324 valence electrons. The second-order valence-electron chi connectivity index (χ2n) is 18.9. The molecule has 0 bridgehead atoms. The predicted octanol–water partition coefficient (Wildman–Crippen LogP) is 9.44. The van der Waals surface area contributed by atoms with Crippen molar-refractivity contribution in [3.05, 3.63) is 146 Å². The van der Waals surface area contributed by atoms with Gasteiger partial charge in [0.1, 0.15) is 23.0 Å². The first-order chi connectivity index (χ1) is 31.5. The maximum Gasteiger partial charge on any atom is 0.178 e. The Hall–Kier alpha value is -5.10. The van der Waals surface area contributed by atoms with Gasteiger partial charge >= 0.3 is 0 Å². The molecule has 4 aliphatic heterocycles. The molecule has 0 amide bonds. The van der Waals surface area contributed by atoms with Crippen LogP contribution in [0.15, 0.2) is 146 Å². The third-order valence-electron chi connectivity index (χ3n) is 15.5. The Morgan fingerprint density at radius 1 is 0.391 bits per heavy atom. The van der Waals surface area contributed by atoms with Gasteiger partial charge in [0.05, 0.1) is 69.8 Å². The van der Waals surface area contributed by atoms with Crippen LogP contribution in [0.1, 0.15) is 64.2 Å². The lowest BCUT2D eigenvalue weighted by Crippen LogP contribution is -2.71. The van der Waals surface area contributed by atoms with E-state index in [4.69, 9.17) is 18.9 Å². The van der Waals surface area contributed by atoms with Gasteiger partial charge in [-0.1, -0.05) is 111 Å². The largest absolute Gasteiger partial charge is 0.456 e. The summed E-state index contributed by atoms with van der Waals surface area (Å²) in [4.78, 5) is 5.36. The second-order valence-corrected chi connectivity index (χ2v) is 24.3. The zero-order valence-electron chi connectivity index (χ0n) is 35.8. The van der Waals surface area contributed by atoms with Crippen molar-refractivity contribution in [2.75, 3.05) is 9.80 Å². The van der Waals surface area contributed by atoms with E-state index in [0.717, 1.165) is 94.6 Å². The molecule has 0 aromatic heterocycles. The van der Waals surface area contributed by atoms with Crippen molar-refractivity contribution in [1.29, 1.82) is 0 Å². The summed E-state index contributed by atoms with van der Waals surface area (Å²) < 4.78 is 59.1. The molecule has 8 nitrogen and oxygen atoms in total. The van der Waals surface area contributed by atoms with Crippen LogP contribution in [0.2, 0.25) is 0 Å². The Kier molecular flexibility index (Phi) is 9.35. The second kappa shape index (κ2) is 15.2. The first-order valence-electron chi connectivity index (χ1n) is 23.5. The van der Waals surface area contributed by atoms with Crippen molar-refractivity contribution in [3.8, 4) is 23.0 Å². The number of hydrogen-bond acceptors (Lipinski definition) is 8. The van der Waals surface area contributed by atoms with Crippen molar-refractivity contribution in [3.63, 3.8) is 0 Å². The molecule has 3 saturated carbocycles. The first kappa shape index (κ1) is 39.3. The molecule has 10 atom stereocenters. The van der Waals surface area contributed by atoms with Crippen molar-refractivity contribution >= 4 is 57.5 Å². The molecular weight excluding hydrogens is 835 g/mol. The smallest absolute Gasteiger partial charge is 0.178 e. The maximum atomic E-state index is 15.5. The molecule has 10 unspecified atom stereocenters. The minimum absolute atomic E-state index is 0.0148. The topological polar surface area (TPSA) is 77.5 Å². The maximum absolute atomic E-state index is 15.5. The van der Waals surface area contributed by atoms with Crippen molar-refractivity contribution in [1.82, 2.24) is 0 Å². The van der Waals surface area contributed by atoms with Crippen LogP contribution < -0.4 is 51.1 Å². The molecule has 6 aromatic rings. The molecule has 10 heteroatoms. The van der Waals surface area contributed by atoms with Crippen molar-refractivity contribution in [2.45, 2.75) is 113 Å². The van der Waals surface area contributed by atoms with Crippen LogP contribution in [-0.2, 0) is 18.6 Å². The number of anilines is 2. The average molecular weight is 887 g/mol. The average Bonchev–Trinajstić information content (AvgIpc) is 3.34. The van der Waals surface area contributed by atoms with Crippen LogP contribution in [-0.4, -0.2) is 48.6 Å². The van der Waals surface area contributed by atoms with E-state index in [1.165, 1.54) is 12.8 Å². The molecule has 0 radical (unpaired) electrons. The molecule has 3 aliphatic carbocycles. The number of benzene rings is 6. The standard InChI is InChI=1S/C54H52N2O6P2/c57-63(37-15-3-1-4-16-37)51-25-13-11-23-45(51)61-49-31-35(27-29-53(49)63)55-39-19-7-9-21-43(39)59-47-34-42-48(33-41(47)55)60-44-22-10-8-20-40(44)56(42)36-28-30-54-50(32-36)62-46-24-12-14-26-52(46)64(54,58)38-17-5-2-6-18-38/h1-6,11-18,23-32,39-44,47-48H,7-10,19-22,33-34H2. The Balaban J connectivity index is 0.880. The Labute approximate surface area is 375 Å². The summed E-state index contributed by atoms with van der Waals surface area (Å²) in [5.74, 6) is 2.67. The Morgan fingerprint density at radius 2 is 0.781 bits per heavy atom. The number of para-hydroxylation sites is 2. The quantitative estimate of drug-likeness (QED) is 0.162. The van der Waals surface area contributed by atoms with E-state index in [1.807, 2.05) is 109 Å². The summed E-state index contributed by atoms with van der Waals surface area (Å²) in [6.07, 6.45) is 10.7. The molecule has 0 spiro atoms. The molecule has 5 fully saturated rings. The Morgan fingerprint density at radius 3 is 1.23 bits per heavy atom. The highest BCUT2D eigenvalue weighted by Gasteiger charge is 2.55. The van der Waals surface area contributed by atoms with E-state index in [-0.39, 0.29) is 48.6 Å². The van der Waals surface area contributed by atoms with Gasteiger partial charge in [0.25, 0.3) is 0 Å². The highest BCUT2D eigenvalue weighted by Crippen LogP contribution is 2.55. The minimum Gasteiger partial charge on any atom is -0.456 e. The summed E-state index contributed by atoms with van der Waals surface area (Å²) in [5, 5.41) is 4.64. The third-order valence-corrected chi connectivity index (χ3v) is 21.8. The van der Waals surface area contributed by atoms with Gasteiger partial charge < -0.3 is 37.9 Å². The minimum atomic E-state index is -3.20. The van der Waals surface area contributed by atoms with E-state index in [1.54, 1.807) is 0 Å². The predicted molar refractivity (Wildman–Crippen MR) is 255 cm³/mol. The number of nitrogens with zero attached hydrogens (tertiary/aromatic N) is 2. The van der Waals surface area contributed by atoms with Crippen LogP contribution in [0.5, 0.6) is 23.0 Å². The third kappa shape index (κ3) is 5.95. The highest BCUT2D eigenvalue weighted by atomic mass is 31.2. The van der Waals surface area contributed by atoms with Crippen LogP contribution in [0.4, 0.5) is 11.4 Å². The summed E-state index contributed by atoms with van der Waals surface area (Å²) in [6, 6.07) is 49.0. The molecule has 6 aromatic carbocycles. The monoisotopic (exact) mass is 886 g/mol. The number of morpholine rings is 2. The fraction of sp³-hybridized carbons (Fsp3) is 0.333. The van der Waals surface area contributed by atoms with Gasteiger partial charge in [-0.3, -0.25) is 0 Å². The summed E-state index contributed by atoms with van der Waals surface area (Å²) in [7, 11) is -6.40. The molecular formula is C54H52N2O6P2. The first-order valence-corrected chi connectivity index (χ1v) is 26.9. The zero-order chi connectivity index (χ0) is 42.6. The fourth-order valence-corrected chi connectivity index (χ4v) is 18.4.